The average molecular weight is 271 g/mol. The van der Waals surface area contributed by atoms with E-state index in [1.807, 2.05) is 32.2 Å². The van der Waals surface area contributed by atoms with Crippen molar-refractivity contribution in [2.24, 2.45) is 4.99 Å². The molecule has 0 N–H and O–H groups in total. The van der Waals surface area contributed by atoms with E-state index in [1.165, 1.54) is 11.8 Å². The normalized spacial score (nSPS) is 8.81. The summed E-state index contributed by atoms with van der Waals surface area (Å²) in [7, 11) is 0. The molecule has 0 saturated heterocycles. The average Bonchev–Trinajstić information content (AvgIpc) is 2.29. The zero-order valence-electron chi connectivity index (χ0n) is 9.48. The van der Waals surface area contributed by atoms with Crippen LogP contribution in [0.5, 0.6) is 0 Å². The van der Waals surface area contributed by atoms with Crippen molar-refractivity contribution in [2.45, 2.75) is 13.8 Å². The zero-order valence-corrected chi connectivity index (χ0v) is 11.9. The van der Waals surface area contributed by atoms with Crippen molar-refractivity contribution < 1.29 is 0 Å². The molecular weight excluding hydrogens is 258 g/mol. The molecule has 0 saturated carbocycles. The van der Waals surface area contributed by atoms with Gasteiger partial charge in [0.25, 0.3) is 0 Å². The molecule has 0 aliphatic rings. The Bertz CT molecular complexity index is 336. The SMILES string of the molecule is CCSC(=NC(SC)=C(C#N)C#N)SCC. The van der Waals surface area contributed by atoms with Crippen LogP contribution < -0.4 is 0 Å². The first-order valence-electron chi connectivity index (χ1n) is 4.66. The van der Waals surface area contributed by atoms with Crippen LogP contribution in [-0.4, -0.2) is 22.1 Å². The number of nitriles is 2. The first kappa shape index (κ1) is 15.4. The lowest BCUT2D eigenvalue weighted by Crippen LogP contribution is -1.90. The lowest BCUT2D eigenvalue weighted by molar-refractivity contribution is 1.41. The van der Waals surface area contributed by atoms with Gasteiger partial charge in [0, 0.05) is 0 Å². The van der Waals surface area contributed by atoms with Gasteiger partial charge in [-0.15, -0.1) is 11.8 Å². The standard InChI is InChI=1S/C10H13N3S3/c1-4-15-10(16-5-2)13-9(14-3)8(6-11)7-12/h4-5H2,1-3H3. The molecule has 3 nitrogen and oxygen atoms in total. The number of hydrogen-bond donors (Lipinski definition) is 0. The molecule has 0 aromatic carbocycles. The van der Waals surface area contributed by atoms with E-state index in [0.29, 0.717) is 5.03 Å². The molecule has 16 heavy (non-hydrogen) atoms. The topological polar surface area (TPSA) is 59.9 Å². The van der Waals surface area contributed by atoms with Gasteiger partial charge in [0.1, 0.15) is 21.5 Å². The highest BCUT2D eigenvalue weighted by molar-refractivity contribution is 8.38. The third-order valence-corrected chi connectivity index (χ3v) is 4.00. The van der Waals surface area contributed by atoms with E-state index >= 15 is 0 Å². The summed E-state index contributed by atoms with van der Waals surface area (Å²) >= 11 is 4.59. The Morgan fingerprint density at radius 1 is 1.12 bits per heavy atom. The fraction of sp³-hybridized carbons (Fsp3) is 0.500. The van der Waals surface area contributed by atoms with Gasteiger partial charge in [-0.1, -0.05) is 37.4 Å². The molecule has 0 bridgehead atoms. The van der Waals surface area contributed by atoms with Gasteiger partial charge in [0.15, 0.2) is 5.57 Å². The molecule has 0 aromatic heterocycles. The van der Waals surface area contributed by atoms with Crippen LogP contribution >= 0.6 is 35.3 Å². The number of nitrogens with zero attached hydrogens (tertiary/aromatic N) is 3. The van der Waals surface area contributed by atoms with Crippen molar-refractivity contribution in [3.05, 3.63) is 10.6 Å². The van der Waals surface area contributed by atoms with E-state index in [2.05, 4.69) is 4.99 Å². The van der Waals surface area contributed by atoms with Crippen molar-refractivity contribution in [1.29, 1.82) is 10.5 Å². The van der Waals surface area contributed by atoms with Gasteiger partial charge in [-0.3, -0.25) is 0 Å². The maximum atomic E-state index is 8.77. The second kappa shape index (κ2) is 9.65. The first-order valence-corrected chi connectivity index (χ1v) is 7.85. The van der Waals surface area contributed by atoms with Gasteiger partial charge >= 0.3 is 0 Å². The molecular formula is C10H13N3S3. The number of rotatable bonds is 4. The highest BCUT2D eigenvalue weighted by atomic mass is 32.2. The van der Waals surface area contributed by atoms with Crippen molar-refractivity contribution in [2.75, 3.05) is 17.8 Å². The van der Waals surface area contributed by atoms with E-state index < -0.39 is 0 Å². The number of aliphatic imine (C=N–C) groups is 1. The molecule has 0 atom stereocenters. The molecule has 0 rings (SSSR count). The Balaban J connectivity index is 5.11. The fourth-order valence-electron chi connectivity index (χ4n) is 0.760. The summed E-state index contributed by atoms with van der Waals surface area (Å²) in [5.74, 6) is 1.86. The second-order valence-corrected chi connectivity index (χ2v) is 5.91. The molecule has 0 radical (unpaired) electrons. The maximum absolute atomic E-state index is 8.77. The third-order valence-electron chi connectivity index (χ3n) is 1.36. The van der Waals surface area contributed by atoms with Crippen LogP contribution in [0.1, 0.15) is 13.8 Å². The van der Waals surface area contributed by atoms with E-state index in [1.54, 1.807) is 23.5 Å². The summed E-state index contributed by atoms with van der Waals surface area (Å²) < 4.78 is 0.914. The Morgan fingerprint density at radius 2 is 1.62 bits per heavy atom. The van der Waals surface area contributed by atoms with Crippen LogP contribution in [0.2, 0.25) is 0 Å². The predicted octanol–water partition coefficient (Wildman–Crippen LogP) is 3.47. The van der Waals surface area contributed by atoms with E-state index in [4.69, 9.17) is 10.5 Å². The first-order chi connectivity index (χ1) is 7.73. The molecule has 6 heteroatoms. The van der Waals surface area contributed by atoms with E-state index in [9.17, 15) is 0 Å². The molecule has 0 heterocycles. The largest absolute Gasteiger partial charge is 0.226 e. The highest BCUT2D eigenvalue weighted by Crippen LogP contribution is 2.24. The summed E-state index contributed by atoms with van der Waals surface area (Å²) in [6.45, 7) is 4.10. The summed E-state index contributed by atoms with van der Waals surface area (Å²) in [4.78, 5) is 4.36. The third kappa shape index (κ3) is 5.50. The van der Waals surface area contributed by atoms with Crippen molar-refractivity contribution in [3.8, 4) is 12.1 Å². The molecule has 0 aliphatic heterocycles. The summed E-state index contributed by atoms with van der Waals surface area (Å²) in [5.41, 5.74) is 0.0819. The molecule has 0 amide bonds. The van der Waals surface area contributed by atoms with Crippen LogP contribution in [-0.2, 0) is 0 Å². The molecule has 0 aliphatic carbocycles. The van der Waals surface area contributed by atoms with Crippen LogP contribution in [0.15, 0.2) is 15.6 Å². The van der Waals surface area contributed by atoms with Crippen LogP contribution in [0, 0.1) is 22.7 Å². The smallest absolute Gasteiger partial charge is 0.161 e. The minimum atomic E-state index is 0.0819. The number of allylic oxidation sites excluding steroid dienone is 1. The van der Waals surface area contributed by atoms with Gasteiger partial charge in [-0.25, -0.2) is 4.99 Å². The molecule has 86 valence electrons. The summed E-state index contributed by atoms with van der Waals surface area (Å²) in [5, 5.41) is 18.0. The van der Waals surface area contributed by atoms with Gasteiger partial charge in [0.05, 0.1) is 0 Å². The summed E-state index contributed by atoms with van der Waals surface area (Å²) in [6.07, 6.45) is 1.82. The number of thioether (sulfide) groups is 3. The van der Waals surface area contributed by atoms with Gasteiger partial charge in [0.2, 0.25) is 0 Å². The Morgan fingerprint density at radius 3 is 1.94 bits per heavy atom. The van der Waals surface area contributed by atoms with E-state index in [0.717, 1.165) is 15.9 Å². The molecule has 0 spiro atoms. The number of hydrogen-bond acceptors (Lipinski definition) is 6. The Labute approximate surface area is 109 Å². The van der Waals surface area contributed by atoms with Gasteiger partial charge in [-0.2, -0.15) is 10.5 Å². The molecule has 0 aromatic rings. The van der Waals surface area contributed by atoms with Gasteiger partial charge in [-0.05, 0) is 17.8 Å². The minimum absolute atomic E-state index is 0.0819. The van der Waals surface area contributed by atoms with Crippen molar-refractivity contribution >= 4 is 39.7 Å². The quantitative estimate of drug-likeness (QED) is 0.445. The lowest BCUT2D eigenvalue weighted by atomic mass is 10.4. The Hall–Kier alpha value is -0.560. The van der Waals surface area contributed by atoms with Crippen molar-refractivity contribution in [1.82, 2.24) is 0 Å². The Kier molecular flexibility index (Phi) is 9.31. The lowest BCUT2D eigenvalue weighted by Gasteiger charge is -2.03. The summed E-state index contributed by atoms with van der Waals surface area (Å²) in [6, 6.07) is 3.73. The maximum Gasteiger partial charge on any atom is 0.161 e. The predicted molar refractivity (Wildman–Crippen MR) is 75.5 cm³/mol. The monoisotopic (exact) mass is 271 g/mol. The van der Waals surface area contributed by atoms with Crippen LogP contribution in [0.25, 0.3) is 0 Å². The molecule has 0 fully saturated rings. The molecule has 0 unspecified atom stereocenters. The van der Waals surface area contributed by atoms with Crippen LogP contribution in [0.4, 0.5) is 0 Å². The van der Waals surface area contributed by atoms with Crippen molar-refractivity contribution in [3.63, 3.8) is 0 Å². The van der Waals surface area contributed by atoms with Crippen LogP contribution in [0.3, 0.4) is 0 Å². The highest BCUT2D eigenvalue weighted by Gasteiger charge is 2.06. The van der Waals surface area contributed by atoms with Gasteiger partial charge < -0.3 is 0 Å². The minimum Gasteiger partial charge on any atom is -0.226 e. The second-order valence-electron chi connectivity index (χ2n) is 2.35. The van der Waals surface area contributed by atoms with E-state index in [-0.39, 0.29) is 5.57 Å². The zero-order chi connectivity index (χ0) is 12.4. The fourth-order valence-corrected chi connectivity index (χ4v) is 3.20.